The molecular weight excluding hydrogens is 172 g/mol. The zero-order valence-electron chi connectivity index (χ0n) is 8.05. The van der Waals surface area contributed by atoms with Gasteiger partial charge in [0.2, 0.25) is 11.8 Å². The van der Waals surface area contributed by atoms with Crippen LogP contribution in [0.15, 0.2) is 0 Å². The van der Waals surface area contributed by atoms with Crippen molar-refractivity contribution in [2.45, 2.75) is 33.0 Å². The second kappa shape index (κ2) is 5.50. The first-order valence-corrected chi connectivity index (χ1v) is 4.01. The normalized spacial score (nSPS) is 14.5. The lowest BCUT2D eigenvalue weighted by molar-refractivity contribution is -0.128. The molecule has 0 bridgehead atoms. The minimum Gasteiger partial charge on any atom is -0.345 e. The van der Waals surface area contributed by atoms with Crippen LogP contribution in [0.4, 0.5) is 0 Å². The largest absolute Gasteiger partial charge is 0.345 e. The van der Waals surface area contributed by atoms with Gasteiger partial charge in [-0.1, -0.05) is 0 Å². The summed E-state index contributed by atoms with van der Waals surface area (Å²) < 4.78 is 0. The highest BCUT2D eigenvalue weighted by molar-refractivity contribution is 5.86. The van der Waals surface area contributed by atoms with E-state index in [4.69, 9.17) is 5.84 Å². The van der Waals surface area contributed by atoms with Crippen molar-refractivity contribution in [3.05, 3.63) is 0 Å². The number of hydrogen-bond donors (Lipinski definition) is 4. The Labute approximate surface area is 77.2 Å². The number of nitrogens with one attached hydrogen (secondary N) is 3. The summed E-state index contributed by atoms with van der Waals surface area (Å²) in [5.74, 6) is 4.55. The van der Waals surface area contributed by atoms with E-state index in [1.165, 1.54) is 6.92 Å². The number of hydrazine groups is 1. The number of nitrogens with two attached hydrogens (primary N) is 1. The Hall–Kier alpha value is -1.14. The second-order valence-electron chi connectivity index (χ2n) is 2.82. The van der Waals surface area contributed by atoms with E-state index >= 15 is 0 Å². The number of carbonyl (C=O) groups is 2. The minimum absolute atomic E-state index is 0.240. The highest BCUT2D eigenvalue weighted by Gasteiger charge is 2.14. The smallest absolute Gasteiger partial charge is 0.243 e. The Bertz CT molecular complexity index is 195. The van der Waals surface area contributed by atoms with Gasteiger partial charge in [0.15, 0.2) is 0 Å². The summed E-state index contributed by atoms with van der Waals surface area (Å²) in [7, 11) is 0. The van der Waals surface area contributed by atoms with Crippen LogP contribution in [-0.2, 0) is 9.59 Å². The van der Waals surface area contributed by atoms with E-state index in [1.807, 2.05) is 0 Å². The van der Waals surface area contributed by atoms with Gasteiger partial charge in [-0.15, -0.1) is 0 Å². The predicted octanol–water partition coefficient (Wildman–Crippen LogP) is -1.56. The average molecular weight is 188 g/mol. The fourth-order valence-corrected chi connectivity index (χ4v) is 0.750. The standard InChI is InChI=1S/C7H16N4O2/c1-4(9-6(3)12)7(13)10-5(2)11-8/h4-5,11H,8H2,1-3H3,(H,9,12)(H,10,13). The molecule has 2 amide bonds. The Morgan fingerprint density at radius 3 is 2.15 bits per heavy atom. The molecule has 0 spiro atoms. The van der Waals surface area contributed by atoms with Crippen LogP contribution in [0.1, 0.15) is 20.8 Å². The van der Waals surface area contributed by atoms with E-state index in [1.54, 1.807) is 13.8 Å². The fourth-order valence-electron chi connectivity index (χ4n) is 0.750. The third-order valence-electron chi connectivity index (χ3n) is 1.42. The molecule has 2 unspecified atom stereocenters. The van der Waals surface area contributed by atoms with Crippen molar-refractivity contribution in [1.29, 1.82) is 0 Å². The molecule has 5 N–H and O–H groups in total. The van der Waals surface area contributed by atoms with Gasteiger partial charge < -0.3 is 10.6 Å². The third kappa shape index (κ3) is 5.15. The Kier molecular flexibility index (Phi) is 5.01. The molecule has 0 aliphatic carbocycles. The molecule has 0 saturated carbocycles. The molecule has 0 rings (SSSR count). The van der Waals surface area contributed by atoms with Gasteiger partial charge >= 0.3 is 0 Å². The molecule has 0 aromatic carbocycles. The lowest BCUT2D eigenvalue weighted by Gasteiger charge is -2.16. The molecule has 13 heavy (non-hydrogen) atoms. The molecular formula is C7H16N4O2. The van der Waals surface area contributed by atoms with Crippen molar-refractivity contribution in [1.82, 2.24) is 16.1 Å². The van der Waals surface area contributed by atoms with Crippen LogP contribution >= 0.6 is 0 Å². The van der Waals surface area contributed by atoms with Crippen molar-refractivity contribution in [3.8, 4) is 0 Å². The molecule has 6 heteroatoms. The van der Waals surface area contributed by atoms with E-state index in [9.17, 15) is 9.59 Å². The van der Waals surface area contributed by atoms with Gasteiger partial charge in [0.25, 0.3) is 0 Å². The fraction of sp³-hybridized carbons (Fsp3) is 0.714. The van der Waals surface area contributed by atoms with Gasteiger partial charge in [0.1, 0.15) is 6.04 Å². The number of hydrogen-bond acceptors (Lipinski definition) is 4. The maximum absolute atomic E-state index is 11.2. The SMILES string of the molecule is CC(=O)NC(C)C(=O)NC(C)NN. The van der Waals surface area contributed by atoms with Crippen LogP contribution in [0, 0.1) is 0 Å². The summed E-state index contributed by atoms with van der Waals surface area (Å²) in [6.45, 7) is 4.65. The van der Waals surface area contributed by atoms with Crippen molar-refractivity contribution in [2.24, 2.45) is 5.84 Å². The minimum atomic E-state index is -0.548. The number of rotatable bonds is 4. The van der Waals surface area contributed by atoms with E-state index < -0.39 is 6.04 Å². The summed E-state index contributed by atoms with van der Waals surface area (Å²) in [6.07, 6.45) is -0.316. The molecule has 6 nitrogen and oxygen atoms in total. The highest BCUT2D eigenvalue weighted by Crippen LogP contribution is 1.83. The van der Waals surface area contributed by atoms with Crippen LogP contribution in [0.3, 0.4) is 0 Å². The summed E-state index contributed by atoms with van der Waals surface area (Å²) in [6, 6.07) is -0.548. The van der Waals surface area contributed by atoms with E-state index in [-0.39, 0.29) is 18.0 Å². The number of amides is 2. The Morgan fingerprint density at radius 1 is 1.23 bits per heavy atom. The van der Waals surface area contributed by atoms with Gasteiger partial charge in [-0.2, -0.15) is 0 Å². The van der Waals surface area contributed by atoms with Crippen LogP contribution in [0.25, 0.3) is 0 Å². The molecule has 2 atom stereocenters. The second-order valence-corrected chi connectivity index (χ2v) is 2.82. The monoisotopic (exact) mass is 188 g/mol. The molecule has 0 fully saturated rings. The first kappa shape index (κ1) is 11.9. The molecule has 0 aromatic heterocycles. The van der Waals surface area contributed by atoms with Crippen LogP contribution in [-0.4, -0.2) is 24.0 Å². The van der Waals surface area contributed by atoms with Gasteiger partial charge in [0.05, 0.1) is 6.17 Å². The topological polar surface area (TPSA) is 96.2 Å². The Balaban J connectivity index is 3.89. The maximum atomic E-state index is 11.2. The molecule has 0 aromatic rings. The Morgan fingerprint density at radius 2 is 1.77 bits per heavy atom. The molecule has 0 saturated heterocycles. The van der Waals surface area contributed by atoms with E-state index in [0.29, 0.717) is 0 Å². The number of carbonyl (C=O) groups excluding carboxylic acids is 2. The third-order valence-corrected chi connectivity index (χ3v) is 1.42. The molecule has 0 aliphatic heterocycles. The van der Waals surface area contributed by atoms with E-state index in [0.717, 1.165) is 0 Å². The first-order valence-electron chi connectivity index (χ1n) is 4.01. The summed E-state index contributed by atoms with van der Waals surface area (Å²) in [5, 5.41) is 5.00. The predicted molar refractivity (Wildman–Crippen MR) is 48.2 cm³/mol. The van der Waals surface area contributed by atoms with Gasteiger partial charge in [-0.25, -0.2) is 5.43 Å². The zero-order valence-corrected chi connectivity index (χ0v) is 8.05. The molecule has 0 heterocycles. The van der Waals surface area contributed by atoms with Gasteiger partial charge in [0, 0.05) is 6.92 Å². The maximum Gasteiger partial charge on any atom is 0.243 e. The van der Waals surface area contributed by atoms with Crippen molar-refractivity contribution < 1.29 is 9.59 Å². The highest BCUT2D eigenvalue weighted by atomic mass is 16.2. The van der Waals surface area contributed by atoms with Gasteiger partial charge in [-0.3, -0.25) is 15.4 Å². The van der Waals surface area contributed by atoms with Crippen molar-refractivity contribution in [3.63, 3.8) is 0 Å². The average Bonchev–Trinajstić information content (AvgIpc) is 2.02. The van der Waals surface area contributed by atoms with Crippen LogP contribution < -0.4 is 21.9 Å². The van der Waals surface area contributed by atoms with Crippen molar-refractivity contribution in [2.75, 3.05) is 0 Å². The zero-order chi connectivity index (χ0) is 10.4. The summed E-state index contributed by atoms with van der Waals surface area (Å²) >= 11 is 0. The van der Waals surface area contributed by atoms with Gasteiger partial charge in [-0.05, 0) is 13.8 Å². The lowest BCUT2D eigenvalue weighted by atomic mass is 10.3. The molecule has 0 aliphatic rings. The van der Waals surface area contributed by atoms with Crippen LogP contribution in [0.5, 0.6) is 0 Å². The molecule has 76 valence electrons. The van der Waals surface area contributed by atoms with Crippen LogP contribution in [0.2, 0.25) is 0 Å². The lowest BCUT2D eigenvalue weighted by Crippen LogP contribution is -2.52. The molecule has 0 radical (unpaired) electrons. The first-order chi connectivity index (χ1) is 5.97. The van der Waals surface area contributed by atoms with E-state index in [2.05, 4.69) is 16.1 Å². The summed E-state index contributed by atoms with van der Waals surface area (Å²) in [5.41, 5.74) is 2.36. The van der Waals surface area contributed by atoms with Crippen molar-refractivity contribution >= 4 is 11.8 Å². The summed E-state index contributed by atoms with van der Waals surface area (Å²) in [4.78, 5) is 21.8. The quantitative estimate of drug-likeness (QED) is 0.244.